The molecule has 4 aromatic carbocycles. The molecule has 0 radical (unpaired) electrons. The van der Waals surface area contributed by atoms with E-state index in [2.05, 4.69) is 24.3 Å². The van der Waals surface area contributed by atoms with Crippen molar-refractivity contribution in [2.45, 2.75) is 46.3 Å². The van der Waals surface area contributed by atoms with Crippen molar-refractivity contribution in [2.75, 3.05) is 20.3 Å². The number of hydrogen-bond acceptors (Lipinski definition) is 8. The van der Waals surface area contributed by atoms with Gasteiger partial charge in [0.1, 0.15) is 18.4 Å². The number of carbonyl (C=O) groups excluding carboxylic acids is 1. The number of benzene rings is 4. The highest BCUT2D eigenvalue weighted by atomic mass is 35.5. The fourth-order valence-electron chi connectivity index (χ4n) is 6.06. The van der Waals surface area contributed by atoms with Crippen LogP contribution in [0.2, 0.25) is 5.02 Å². The van der Waals surface area contributed by atoms with Gasteiger partial charge in [-0.3, -0.25) is 9.36 Å². The lowest BCUT2D eigenvalue weighted by Crippen LogP contribution is -2.40. The number of thiazole rings is 1. The molecule has 5 aromatic rings. The van der Waals surface area contributed by atoms with E-state index >= 15 is 0 Å². The number of methoxy groups -OCH3 is 1. The van der Waals surface area contributed by atoms with Crippen molar-refractivity contribution < 1.29 is 23.7 Å². The van der Waals surface area contributed by atoms with Gasteiger partial charge in [-0.15, -0.1) is 0 Å². The van der Waals surface area contributed by atoms with E-state index in [4.69, 9.17) is 35.5 Å². The first kappa shape index (κ1) is 34.0. The zero-order valence-electron chi connectivity index (χ0n) is 27.8. The summed E-state index contributed by atoms with van der Waals surface area (Å²) < 4.78 is 25.5. The Balaban J connectivity index is 1.43. The largest absolute Gasteiger partial charge is 0.496 e. The van der Waals surface area contributed by atoms with Gasteiger partial charge in [0.25, 0.3) is 5.56 Å². The first-order chi connectivity index (χ1) is 23.9. The van der Waals surface area contributed by atoms with Crippen LogP contribution in [0, 0.1) is 0 Å². The van der Waals surface area contributed by atoms with E-state index in [1.54, 1.807) is 42.9 Å². The molecule has 0 fully saturated rings. The quantitative estimate of drug-likeness (QED) is 0.127. The second-order valence-electron chi connectivity index (χ2n) is 11.4. The van der Waals surface area contributed by atoms with Crippen LogP contribution in [-0.2, 0) is 16.1 Å². The Kier molecular flexibility index (Phi) is 10.5. The second-order valence-corrected chi connectivity index (χ2v) is 12.8. The lowest BCUT2D eigenvalue weighted by Gasteiger charge is -2.27. The normalized spacial score (nSPS) is 14.4. The number of nitrogens with zero attached hydrogens (tertiary/aromatic N) is 2. The summed E-state index contributed by atoms with van der Waals surface area (Å²) in [7, 11) is 1.54. The number of aromatic nitrogens is 1. The number of carbonyl (C=O) groups is 1. The molecule has 1 aromatic heterocycles. The summed E-state index contributed by atoms with van der Waals surface area (Å²) in [6.07, 6.45) is 3.07. The number of esters is 1. The molecule has 10 heteroatoms. The predicted molar refractivity (Wildman–Crippen MR) is 194 cm³/mol. The average Bonchev–Trinajstić information content (AvgIpc) is 3.41. The van der Waals surface area contributed by atoms with Crippen molar-refractivity contribution >= 4 is 45.8 Å². The lowest BCUT2D eigenvalue weighted by molar-refractivity contribution is -0.139. The first-order valence-corrected chi connectivity index (χ1v) is 17.5. The van der Waals surface area contributed by atoms with Gasteiger partial charge in [0.2, 0.25) is 0 Å². The number of ether oxygens (including phenoxy) is 4. The molecule has 0 N–H and O–H groups in total. The number of hydrogen-bond donors (Lipinski definition) is 0. The zero-order chi connectivity index (χ0) is 34.5. The maximum absolute atomic E-state index is 14.3. The molecule has 49 heavy (non-hydrogen) atoms. The molecule has 252 valence electrons. The summed E-state index contributed by atoms with van der Waals surface area (Å²) >= 11 is 7.73. The highest BCUT2D eigenvalue weighted by Crippen LogP contribution is 2.38. The summed E-state index contributed by atoms with van der Waals surface area (Å²) in [6.45, 7) is 6.66. The minimum Gasteiger partial charge on any atom is -0.496 e. The van der Waals surface area contributed by atoms with E-state index in [0.717, 1.165) is 28.3 Å². The van der Waals surface area contributed by atoms with Gasteiger partial charge in [0.15, 0.2) is 16.3 Å². The van der Waals surface area contributed by atoms with Gasteiger partial charge in [-0.2, -0.15) is 0 Å². The Morgan fingerprint density at radius 2 is 1.73 bits per heavy atom. The molecule has 1 atom stereocenters. The lowest BCUT2D eigenvalue weighted by atomic mass is 9.93. The van der Waals surface area contributed by atoms with Gasteiger partial charge in [-0.1, -0.05) is 84.8 Å². The van der Waals surface area contributed by atoms with E-state index in [9.17, 15) is 9.59 Å². The minimum absolute atomic E-state index is 0.176. The van der Waals surface area contributed by atoms with E-state index in [1.807, 2.05) is 50.2 Å². The van der Waals surface area contributed by atoms with Crippen LogP contribution in [0.25, 0.3) is 16.8 Å². The molecule has 0 amide bonds. The van der Waals surface area contributed by atoms with Gasteiger partial charge in [0.05, 0.1) is 36.1 Å². The van der Waals surface area contributed by atoms with Crippen molar-refractivity contribution in [3.05, 3.63) is 132 Å². The van der Waals surface area contributed by atoms with Gasteiger partial charge in [-0.05, 0) is 78.6 Å². The number of rotatable bonds is 12. The van der Waals surface area contributed by atoms with Crippen LogP contribution in [0.4, 0.5) is 0 Å². The molecule has 0 saturated heterocycles. The molecular formula is C39H37ClN2O6S. The van der Waals surface area contributed by atoms with E-state index in [0.29, 0.717) is 68.1 Å². The molecule has 0 aliphatic carbocycles. The van der Waals surface area contributed by atoms with E-state index < -0.39 is 12.0 Å². The number of fused-ring (bicyclic) bond motifs is 2. The molecular weight excluding hydrogens is 660 g/mol. The summed E-state index contributed by atoms with van der Waals surface area (Å²) in [5.74, 6) is 1.13. The number of halogens is 1. The maximum Gasteiger partial charge on any atom is 0.338 e. The minimum atomic E-state index is -0.850. The van der Waals surface area contributed by atoms with Gasteiger partial charge in [-0.25, -0.2) is 9.79 Å². The van der Waals surface area contributed by atoms with Crippen LogP contribution >= 0.6 is 22.9 Å². The van der Waals surface area contributed by atoms with Crippen LogP contribution in [-0.4, -0.2) is 30.9 Å². The Hall–Kier alpha value is -4.86. The smallest absolute Gasteiger partial charge is 0.338 e. The van der Waals surface area contributed by atoms with Crippen molar-refractivity contribution in [3.8, 4) is 17.2 Å². The van der Waals surface area contributed by atoms with Crippen LogP contribution in [0.5, 0.6) is 17.2 Å². The third kappa shape index (κ3) is 7.00. The first-order valence-electron chi connectivity index (χ1n) is 16.3. The molecule has 6 rings (SSSR count). The average molecular weight is 697 g/mol. The van der Waals surface area contributed by atoms with Crippen LogP contribution in [0.15, 0.2) is 99.9 Å². The zero-order valence-corrected chi connectivity index (χ0v) is 29.4. The van der Waals surface area contributed by atoms with Gasteiger partial charge < -0.3 is 18.9 Å². The molecule has 0 bridgehead atoms. The second kappa shape index (κ2) is 15.1. The summed E-state index contributed by atoms with van der Waals surface area (Å²) in [5, 5.41) is 2.73. The third-order valence-corrected chi connectivity index (χ3v) is 9.43. The SMILES string of the molecule is CCCC1=C(C(=O)OCC)[C@H](c2cc(Cl)ccc2OC)n2c(s/c(=C/c3ccc(OCc4cccc5ccccc45)c(OCC)c3)c2=O)=N1. The van der Waals surface area contributed by atoms with Gasteiger partial charge >= 0.3 is 5.97 Å². The highest BCUT2D eigenvalue weighted by molar-refractivity contribution is 7.07. The van der Waals surface area contributed by atoms with Crippen molar-refractivity contribution in [2.24, 2.45) is 4.99 Å². The van der Waals surface area contributed by atoms with Crippen LogP contribution in [0.3, 0.4) is 0 Å². The number of allylic oxidation sites excluding steroid dienone is 1. The highest BCUT2D eigenvalue weighted by Gasteiger charge is 2.36. The summed E-state index contributed by atoms with van der Waals surface area (Å²) in [6, 6.07) is 24.3. The van der Waals surface area contributed by atoms with Crippen molar-refractivity contribution in [1.82, 2.24) is 4.57 Å². The van der Waals surface area contributed by atoms with Crippen LogP contribution < -0.4 is 29.1 Å². The Labute approximate surface area is 293 Å². The van der Waals surface area contributed by atoms with E-state index in [-0.39, 0.29) is 12.2 Å². The predicted octanol–water partition coefficient (Wildman–Crippen LogP) is 7.37. The van der Waals surface area contributed by atoms with Gasteiger partial charge in [0, 0.05) is 10.6 Å². The Bertz CT molecular complexity index is 2230. The molecule has 0 saturated carbocycles. The molecule has 2 heterocycles. The molecule has 8 nitrogen and oxygen atoms in total. The molecule has 1 aliphatic heterocycles. The topological polar surface area (TPSA) is 88.4 Å². The molecule has 1 aliphatic rings. The standard InChI is InChI=1S/C39H37ClN2O6S/c1-5-11-30-35(38(44)47-7-3)36(29-22-27(40)17-19-31(29)45-4)42-37(43)34(49-39(42)41-30)21-24-16-18-32(33(20-24)46-6-2)48-23-26-14-10-13-25-12-8-9-15-28(25)26/h8-10,12-22,36H,5-7,11,23H2,1-4H3/b34-21+/t36-/m0/s1. The Morgan fingerprint density at radius 1 is 0.939 bits per heavy atom. The fourth-order valence-corrected chi connectivity index (χ4v) is 7.26. The monoisotopic (exact) mass is 696 g/mol. The molecule has 0 unspecified atom stereocenters. The Morgan fingerprint density at radius 3 is 2.51 bits per heavy atom. The fraction of sp³-hybridized carbons (Fsp3) is 0.256. The third-order valence-electron chi connectivity index (χ3n) is 8.21. The summed E-state index contributed by atoms with van der Waals surface area (Å²) in [4.78, 5) is 33.2. The van der Waals surface area contributed by atoms with Crippen molar-refractivity contribution in [3.63, 3.8) is 0 Å². The summed E-state index contributed by atoms with van der Waals surface area (Å²) in [5.41, 5.74) is 2.97. The van der Waals surface area contributed by atoms with Crippen molar-refractivity contribution in [1.29, 1.82) is 0 Å². The maximum atomic E-state index is 14.3. The van der Waals surface area contributed by atoms with Crippen LogP contribution in [0.1, 0.15) is 56.3 Å². The molecule has 0 spiro atoms. The van der Waals surface area contributed by atoms with E-state index in [1.165, 1.54) is 11.3 Å².